The molecular formula is C28H48ClN5O3. The van der Waals surface area contributed by atoms with Gasteiger partial charge in [0.25, 0.3) is 0 Å². The van der Waals surface area contributed by atoms with Crippen molar-refractivity contribution in [3.63, 3.8) is 0 Å². The molecule has 2 aliphatic carbocycles. The number of hydrogen-bond acceptors (Lipinski definition) is 7. The lowest BCUT2D eigenvalue weighted by atomic mass is 9.69. The second-order valence-electron chi connectivity index (χ2n) is 11.5. The van der Waals surface area contributed by atoms with Crippen molar-refractivity contribution >= 4 is 29.0 Å². The Morgan fingerprint density at radius 1 is 1.11 bits per heavy atom. The fourth-order valence-corrected chi connectivity index (χ4v) is 7.41. The van der Waals surface area contributed by atoms with E-state index in [4.69, 9.17) is 21.3 Å². The molecule has 210 valence electrons. The van der Waals surface area contributed by atoms with E-state index >= 15 is 0 Å². The van der Waals surface area contributed by atoms with Gasteiger partial charge in [0.1, 0.15) is 5.78 Å². The molecule has 9 heteroatoms. The molecule has 2 aliphatic heterocycles. The Labute approximate surface area is 228 Å². The summed E-state index contributed by atoms with van der Waals surface area (Å²) in [6, 6.07) is 0.218. The Kier molecular flexibility index (Phi) is 10.8. The molecule has 8 nitrogen and oxygen atoms in total. The van der Waals surface area contributed by atoms with Crippen molar-refractivity contribution in [1.82, 2.24) is 21.1 Å². The van der Waals surface area contributed by atoms with Crippen LogP contribution in [0, 0.1) is 17.8 Å². The smallest absolute Gasteiger partial charge is 0.222 e. The van der Waals surface area contributed by atoms with Crippen molar-refractivity contribution in [2.24, 2.45) is 22.7 Å². The Balaban J connectivity index is 1.56. The minimum Gasteiger partial charge on any atom is -0.382 e. The first-order valence-corrected chi connectivity index (χ1v) is 15.2. The summed E-state index contributed by atoms with van der Waals surface area (Å²) < 4.78 is 5.43. The minimum atomic E-state index is -0.142. The van der Waals surface area contributed by atoms with E-state index < -0.39 is 0 Å². The van der Waals surface area contributed by atoms with Gasteiger partial charge in [0, 0.05) is 55.6 Å². The molecule has 0 aromatic heterocycles. The number of nitrogens with zero attached hydrogens (tertiary/aromatic N) is 2. The van der Waals surface area contributed by atoms with Crippen molar-refractivity contribution in [3.8, 4) is 0 Å². The Morgan fingerprint density at radius 3 is 2.62 bits per heavy atom. The number of alkyl halides is 1. The summed E-state index contributed by atoms with van der Waals surface area (Å²) in [4.78, 5) is 33.6. The number of Topliss-reactive ketones (excluding diaryl/α,β-unsaturated/α-hetero) is 1. The number of halogens is 1. The van der Waals surface area contributed by atoms with Crippen LogP contribution in [0.3, 0.4) is 0 Å². The Bertz CT molecular complexity index is 803. The third-order valence-electron chi connectivity index (χ3n) is 8.88. The first kappa shape index (κ1) is 28.9. The predicted molar refractivity (Wildman–Crippen MR) is 147 cm³/mol. The maximum absolute atomic E-state index is 12.8. The van der Waals surface area contributed by atoms with Gasteiger partial charge in [0.05, 0.1) is 24.8 Å². The lowest BCUT2D eigenvalue weighted by Crippen LogP contribution is -2.54. The molecule has 0 bridgehead atoms. The SMILES string of the molecule is CCNC(=O)C[C@@H]1N=C(C2CCC(Cl)CC2)C2CC(CC(=O)CCCOCC)CCC2N2C(C)NNC12. The third-order valence-corrected chi connectivity index (χ3v) is 9.32. The van der Waals surface area contributed by atoms with Crippen LogP contribution < -0.4 is 16.2 Å². The lowest BCUT2D eigenvalue weighted by molar-refractivity contribution is -0.122. The number of ether oxygens (including phenoxy) is 1. The van der Waals surface area contributed by atoms with E-state index in [1.165, 1.54) is 5.71 Å². The van der Waals surface area contributed by atoms with Gasteiger partial charge in [-0.2, -0.15) is 0 Å². The van der Waals surface area contributed by atoms with Crippen LogP contribution in [-0.4, -0.2) is 71.9 Å². The Hall–Kier alpha value is -1.06. The fourth-order valence-electron chi connectivity index (χ4n) is 7.16. The van der Waals surface area contributed by atoms with E-state index in [-0.39, 0.29) is 29.7 Å². The molecular weight excluding hydrogens is 490 g/mol. The van der Waals surface area contributed by atoms with E-state index in [1.54, 1.807) is 0 Å². The van der Waals surface area contributed by atoms with Crippen molar-refractivity contribution in [2.75, 3.05) is 19.8 Å². The molecule has 3 N–H and O–H groups in total. The van der Waals surface area contributed by atoms with E-state index in [0.717, 1.165) is 51.4 Å². The van der Waals surface area contributed by atoms with Gasteiger partial charge in [-0.05, 0) is 84.0 Å². The average molecular weight is 538 g/mol. The number of ketones is 1. The monoisotopic (exact) mass is 537 g/mol. The molecule has 5 unspecified atom stereocenters. The van der Waals surface area contributed by atoms with Crippen molar-refractivity contribution in [1.29, 1.82) is 0 Å². The number of hydrogen-bond donors (Lipinski definition) is 3. The van der Waals surface area contributed by atoms with Gasteiger partial charge < -0.3 is 10.1 Å². The van der Waals surface area contributed by atoms with E-state index in [9.17, 15) is 9.59 Å². The molecule has 0 aromatic carbocycles. The average Bonchev–Trinajstić information content (AvgIpc) is 3.20. The summed E-state index contributed by atoms with van der Waals surface area (Å²) in [5.74, 6) is 1.55. The molecule has 37 heavy (non-hydrogen) atoms. The zero-order valence-electron chi connectivity index (χ0n) is 23.0. The number of carbonyl (C=O) groups excluding carboxylic acids is 2. The predicted octanol–water partition coefficient (Wildman–Crippen LogP) is 3.78. The summed E-state index contributed by atoms with van der Waals surface area (Å²) in [6.45, 7) is 8.15. The highest BCUT2D eigenvalue weighted by Gasteiger charge is 2.49. The number of aliphatic imine (C=N–C) groups is 1. The summed E-state index contributed by atoms with van der Waals surface area (Å²) in [6.07, 6.45) is 9.93. The standard InChI is InChI=1S/C28H48ClN5O3/c1-4-30-26(36)17-24-28-33-32-18(3)34(28)25-13-8-19(15-22(35)7-6-14-37-5-2)16-23(25)27(31-24)20-9-11-21(29)12-10-20/h18-21,23-25,28,32-33H,4-17H2,1-3H3,(H,30,36)/t18?,19?,20?,21?,23?,24-,25?,28?/m0/s1. The number of nitrogens with one attached hydrogen (secondary N) is 3. The quantitative estimate of drug-likeness (QED) is 0.274. The highest BCUT2D eigenvalue weighted by atomic mass is 35.5. The molecule has 1 amide bonds. The molecule has 3 fully saturated rings. The van der Waals surface area contributed by atoms with Crippen molar-refractivity contribution in [3.05, 3.63) is 0 Å². The van der Waals surface area contributed by atoms with Gasteiger partial charge in [-0.15, -0.1) is 11.6 Å². The molecule has 1 saturated heterocycles. The maximum atomic E-state index is 12.8. The minimum absolute atomic E-state index is 0.0104. The first-order valence-electron chi connectivity index (χ1n) is 14.8. The molecule has 4 aliphatic rings. The van der Waals surface area contributed by atoms with Gasteiger partial charge in [0.15, 0.2) is 0 Å². The molecule has 2 heterocycles. The van der Waals surface area contributed by atoms with Crippen LogP contribution in [0.2, 0.25) is 0 Å². The van der Waals surface area contributed by atoms with Crippen LogP contribution in [0.4, 0.5) is 0 Å². The van der Waals surface area contributed by atoms with Crippen LogP contribution in [0.5, 0.6) is 0 Å². The Morgan fingerprint density at radius 2 is 1.89 bits per heavy atom. The second-order valence-corrected chi connectivity index (χ2v) is 12.1. The fraction of sp³-hybridized carbons (Fsp3) is 0.893. The summed E-state index contributed by atoms with van der Waals surface area (Å²) >= 11 is 6.50. The van der Waals surface area contributed by atoms with Gasteiger partial charge in [0.2, 0.25) is 5.91 Å². The third kappa shape index (κ3) is 7.33. The number of rotatable bonds is 11. The number of carbonyl (C=O) groups is 2. The normalized spacial score (nSPS) is 36.3. The van der Waals surface area contributed by atoms with E-state index in [2.05, 4.69) is 28.0 Å². The summed E-state index contributed by atoms with van der Waals surface area (Å²) in [7, 11) is 0. The summed E-state index contributed by atoms with van der Waals surface area (Å²) in [5.41, 5.74) is 8.22. The van der Waals surface area contributed by atoms with Gasteiger partial charge in [-0.1, -0.05) is 0 Å². The maximum Gasteiger partial charge on any atom is 0.222 e. The highest BCUT2D eigenvalue weighted by molar-refractivity contribution is 6.20. The van der Waals surface area contributed by atoms with Gasteiger partial charge >= 0.3 is 0 Å². The molecule has 0 radical (unpaired) electrons. The number of hydrazine groups is 1. The van der Waals surface area contributed by atoms with Crippen LogP contribution in [-0.2, 0) is 14.3 Å². The molecule has 0 spiro atoms. The number of amides is 1. The zero-order valence-corrected chi connectivity index (χ0v) is 23.8. The molecule has 2 saturated carbocycles. The van der Waals surface area contributed by atoms with E-state index in [1.807, 2.05) is 13.8 Å². The van der Waals surface area contributed by atoms with Crippen molar-refractivity contribution < 1.29 is 14.3 Å². The largest absolute Gasteiger partial charge is 0.382 e. The van der Waals surface area contributed by atoms with Crippen LogP contribution in [0.1, 0.15) is 91.4 Å². The molecule has 0 aromatic rings. The van der Waals surface area contributed by atoms with Gasteiger partial charge in [-0.3, -0.25) is 19.5 Å². The molecule has 4 rings (SSSR count). The first-order chi connectivity index (χ1) is 17.9. The second kappa shape index (κ2) is 13.8. The zero-order chi connectivity index (χ0) is 26.4. The van der Waals surface area contributed by atoms with E-state index in [0.29, 0.717) is 68.6 Å². The summed E-state index contributed by atoms with van der Waals surface area (Å²) in [5, 5.41) is 3.24. The molecule has 6 atom stereocenters. The van der Waals surface area contributed by atoms with Gasteiger partial charge in [-0.25, -0.2) is 10.9 Å². The van der Waals surface area contributed by atoms with Crippen LogP contribution >= 0.6 is 11.6 Å². The topological polar surface area (TPSA) is 95.1 Å². The lowest BCUT2D eigenvalue weighted by Gasteiger charge is -2.44. The van der Waals surface area contributed by atoms with Crippen LogP contribution in [0.25, 0.3) is 0 Å². The van der Waals surface area contributed by atoms with Crippen molar-refractivity contribution in [2.45, 2.75) is 121 Å². The number of fused-ring (bicyclic) bond motifs is 3. The highest BCUT2D eigenvalue weighted by Crippen LogP contribution is 2.43. The van der Waals surface area contributed by atoms with Crippen LogP contribution in [0.15, 0.2) is 4.99 Å².